The van der Waals surface area contributed by atoms with E-state index < -0.39 is 10.0 Å². The Bertz CT molecular complexity index is 382. The van der Waals surface area contributed by atoms with E-state index in [4.69, 9.17) is 4.74 Å². The maximum Gasteiger partial charge on any atom is 0.233 e. The number of nitrogens with one attached hydrogen (secondary N) is 3. The van der Waals surface area contributed by atoms with Crippen molar-refractivity contribution in [1.29, 1.82) is 0 Å². The van der Waals surface area contributed by atoms with E-state index in [-0.39, 0.29) is 24.7 Å². The quantitative estimate of drug-likeness (QED) is 0.428. The minimum atomic E-state index is -3.28. The standard InChI is InChI=1S/C12H25N3O4S/c1-19-7-5-13-10-12(16)14-6-8-20(17,18)15-9-11-3-2-4-11/h11,13,15H,2-10H2,1H3,(H,14,16). The van der Waals surface area contributed by atoms with Gasteiger partial charge in [0.2, 0.25) is 15.9 Å². The molecule has 0 aromatic heterocycles. The Morgan fingerprint density at radius 1 is 1.30 bits per heavy atom. The maximum atomic E-state index is 11.7. The van der Waals surface area contributed by atoms with Gasteiger partial charge in [-0.05, 0) is 18.8 Å². The number of methoxy groups -OCH3 is 1. The largest absolute Gasteiger partial charge is 0.383 e. The van der Waals surface area contributed by atoms with Gasteiger partial charge in [-0.1, -0.05) is 6.42 Å². The van der Waals surface area contributed by atoms with Gasteiger partial charge in [-0.15, -0.1) is 0 Å². The van der Waals surface area contributed by atoms with Crippen molar-refractivity contribution >= 4 is 15.9 Å². The van der Waals surface area contributed by atoms with Gasteiger partial charge in [-0.2, -0.15) is 0 Å². The highest BCUT2D eigenvalue weighted by atomic mass is 32.2. The Morgan fingerprint density at radius 2 is 2.05 bits per heavy atom. The Morgan fingerprint density at radius 3 is 2.65 bits per heavy atom. The number of hydrogen-bond donors (Lipinski definition) is 3. The second-order valence-electron chi connectivity index (χ2n) is 4.98. The van der Waals surface area contributed by atoms with Crippen LogP contribution in [-0.2, 0) is 19.6 Å². The summed E-state index contributed by atoms with van der Waals surface area (Å²) >= 11 is 0. The maximum absolute atomic E-state index is 11.7. The van der Waals surface area contributed by atoms with Crippen LogP contribution in [0.2, 0.25) is 0 Å². The molecule has 0 radical (unpaired) electrons. The topological polar surface area (TPSA) is 96.5 Å². The van der Waals surface area contributed by atoms with Gasteiger partial charge in [-0.25, -0.2) is 13.1 Å². The first-order chi connectivity index (χ1) is 9.53. The van der Waals surface area contributed by atoms with Crippen LogP contribution < -0.4 is 15.4 Å². The number of carbonyl (C=O) groups is 1. The molecule has 1 amide bonds. The van der Waals surface area contributed by atoms with E-state index in [9.17, 15) is 13.2 Å². The molecule has 0 bridgehead atoms. The molecule has 0 aromatic carbocycles. The Kier molecular flexibility index (Phi) is 8.05. The molecular weight excluding hydrogens is 282 g/mol. The second kappa shape index (κ2) is 9.28. The van der Waals surface area contributed by atoms with Gasteiger partial charge in [0.05, 0.1) is 18.9 Å². The molecule has 0 aromatic rings. The fourth-order valence-electron chi connectivity index (χ4n) is 1.78. The van der Waals surface area contributed by atoms with Gasteiger partial charge in [0.25, 0.3) is 0 Å². The molecule has 1 aliphatic carbocycles. The summed E-state index contributed by atoms with van der Waals surface area (Å²) in [5, 5.41) is 5.46. The zero-order chi connectivity index (χ0) is 14.8. The van der Waals surface area contributed by atoms with Gasteiger partial charge in [-0.3, -0.25) is 4.79 Å². The van der Waals surface area contributed by atoms with Crippen molar-refractivity contribution in [3.8, 4) is 0 Å². The fraction of sp³-hybridized carbons (Fsp3) is 0.917. The Balaban J connectivity index is 2.04. The molecular formula is C12H25N3O4S. The lowest BCUT2D eigenvalue weighted by atomic mass is 9.86. The zero-order valence-electron chi connectivity index (χ0n) is 12.0. The molecule has 0 spiro atoms. The van der Waals surface area contributed by atoms with E-state index in [1.54, 1.807) is 7.11 Å². The summed E-state index contributed by atoms with van der Waals surface area (Å²) in [5.41, 5.74) is 0. The average molecular weight is 307 g/mol. The predicted octanol–water partition coefficient (Wildman–Crippen LogP) is -0.942. The number of hydrogen-bond acceptors (Lipinski definition) is 5. The summed E-state index contributed by atoms with van der Waals surface area (Å²) in [6.07, 6.45) is 3.40. The van der Waals surface area contributed by atoms with Crippen LogP contribution in [0.5, 0.6) is 0 Å². The van der Waals surface area contributed by atoms with Crippen molar-refractivity contribution in [3.63, 3.8) is 0 Å². The second-order valence-corrected chi connectivity index (χ2v) is 6.91. The number of ether oxygens (including phenoxy) is 1. The van der Waals surface area contributed by atoms with E-state index in [0.717, 1.165) is 12.8 Å². The van der Waals surface area contributed by atoms with Crippen LogP contribution in [-0.4, -0.2) is 60.0 Å². The van der Waals surface area contributed by atoms with Gasteiger partial charge in [0.15, 0.2) is 0 Å². The zero-order valence-corrected chi connectivity index (χ0v) is 12.8. The smallest absolute Gasteiger partial charge is 0.233 e. The first kappa shape index (κ1) is 17.4. The summed E-state index contributed by atoms with van der Waals surface area (Å²) in [7, 11) is -1.70. The minimum Gasteiger partial charge on any atom is -0.383 e. The van der Waals surface area contributed by atoms with Crippen molar-refractivity contribution in [3.05, 3.63) is 0 Å². The van der Waals surface area contributed by atoms with Gasteiger partial charge in [0.1, 0.15) is 0 Å². The van der Waals surface area contributed by atoms with Crippen molar-refractivity contribution in [2.45, 2.75) is 19.3 Å². The highest BCUT2D eigenvalue weighted by molar-refractivity contribution is 7.89. The summed E-state index contributed by atoms with van der Waals surface area (Å²) in [6, 6.07) is 0. The van der Waals surface area contributed by atoms with Crippen molar-refractivity contribution in [1.82, 2.24) is 15.4 Å². The van der Waals surface area contributed by atoms with E-state index in [1.807, 2.05) is 0 Å². The number of sulfonamides is 1. The van der Waals surface area contributed by atoms with Gasteiger partial charge < -0.3 is 15.4 Å². The highest BCUT2D eigenvalue weighted by Gasteiger charge is 2.20. The van der Waals surface area contributed by atoms with Gasteiger partial charge >= 0.3 is 0 Å². The lowest BCUT2D eigenvalue weighted by Crippen LogP contribution is -2.40. The molecule has 7 nitrogen and oxygen atoms in total. The highest BCUT2D eigenvalue weighted by Crippen LogP contribution is 2.25. The molecule has 0 unspecified atom stereocenters. The third kappa shape index (κ3) is 7.78. The monoisotopic (exact) mass is 307 g/mol. The molecule has 20 heavy (non-hydrogen) atoms. The van der Waals surface area contributed by atoms with Crippen LogP contribution in [0.3, 0.4) is 0 Å². The third-order valence-corrected chi connectivity index (χ3v) is 4.63. The van der Waals surface area contributed by atoms with E-state index >= 15 is 0 Å². The summed E-state index contributed by atoms with van der Waals surface area (Å²) in [6.45, 7) is 1.94. The Labute approximate surface area is 120 Å². The minimum absolute atomic E-state index is 0.0798. The molecule has 3 N–H and O–H groups in total. The number of rotatable bonds is 11. The van der Waals surface area contributed by atoms with E-state index in [0.29, 0.717) is 25.6 Å². The normalized spacial score (nSPS) is 15.8. The van der Waals surface area contributed by atoms with Crippen LogP contribution in [0.4, 0.5) is 0 Å². The number of amides is 1. The van der Waals surface area contributed by atoms with Gasteiger partial charge in [0, 0.05) is 26.7 Å². The SMILES string of the molecule is COCCNCC(=O)NCCS(=O)(=O)NCC1CCC1. The lowest BCUT2D eigenvalue weighted by molar-refractivity contribution is -0.120. The van der Waals surface area contributed by atoms with Crippen LogP contribution in [0, 0.1) is 5.92 Å². The molecule has 118 valence electrons. The summed E-state index contributed by atoms with van der Waals surface area (Å²) in [4.78, 5) is 11.4. The lowest BCUT2D eigenvalue weighted by Gasteiger charge is -2.25. The average Bonchev–Trinajstić information content (AvgIpc) is 2.32. The third-order valence-electron chi connectivity index (χ3n) is 3.28. The molecule has 1 rings (SSSR count). The summed E-state index contributed by atoms with van der Waals surface area (Å²) < 4.78 is 30.7. The van der Waals surface area contributed by atoms with Crippen LogP contribution >= 0.6 is 0 Å². The molecule has 1 saturated carbocycles. The van der Waals surface area contributed by atoms with E-state index in [2.05, 4.69) is 15.4 Å². The first-order valence-corrected chi connectivity index (χ1v) is 8.62. The molecule has 1 fully saturated rings. The van der Waals surface area contributed by atoms with Crippen molar-refractivity contribution in [2.24, 2.45) is 5.92 Å². The van der Waals surface area contributed by atoms with Crippen molar-refractivity contribution < 1.29 is 17.9 Å². The molecule has 0 atom stereocenters. The van der Waals surface area contributed by atoms with E-state index in [1.165, 1.54) is 6.42 Å². The molecule has 8 heteroatoms. The Hall–Kier alpha value is -0.700. The summed E-state index contributed by atoms with van der Waals surface area (Å²) in [5.74, 6) is 0.198. The molecule has 0 heterocycles. The van der Waals surface area contributed by atoms with Crippen molar-refractivity contribution in [2.75, 3.05) is 45.6 Å². The molecule has 1 aliphatic rings. The van der Waals surface area contributed by atoms with Crippen LogP contribution in [0.15, 0.2) is 0 Å². The molecule has 0 saturated heterocycles. The first-order valence-electron chi connectivity index (χ1n) is 6.97. The number of carbonyl (C=O) groups excluding carboxylic acids is 1. The fourth-order valence-corrected chi connectivity index (χ4v) is 2.78. The molecule has 0 aliphatic heterocycles. The van der Waals surface area contributed by atoms with Crippen LogP contribution in [0.25, 0.3) is 0 Å². The van der Waals surface area contributed by atoms with Crippen LogP contribution in [0.1, 0.15) is 19.3 Å². The predicted molar refractivity (Wildman–Crippen MR) is 76.9 cm³/mol.